The lowest BCUT2D eigenvalue weighted by atomic mass is 9.93. The predicted molar refractivity (Wildman–Crippen MR) is 72.2 cm³/mol. The average molecular weight is 250 g/mol. The van der Waals surface area contributed by atoms with Gasteiger partial charge in [-0.3, -0.25) is 4.79 Å². The standard InChI is InChI=1S/C15H26N2O/c1-10(2)17(9-11-6-7-11)15(18)14-13-5-3-4-12(13)8-16-14/h10-14,16H,3-9H2,1-2H3. The Morgan fingerprint density at radius 2 is 2.06 bits per heavy atom. The van der Waals surface area contributed by atoms with Crippen LogP contribution >= 0.6 is 0 Å². The lowest BCUT2D eigenvalue weighted by molar-refractivity contribution is -0.136. The van der Waals surface area contributed by atoms with E-state index in [1.807, 2.05) is 0 Å². The molecule has 3 rings (SSSR count). The number of carbonyl (C=O) groups is 1. The molecule has 3 unspecified atom stereocenters. The number of hydrogen-bond acceptors (Lipinski definition) is 2. The number of amides is 1. The van der Waals surface area contributed by atoms with Crippen LogP contribution in [0.15, 0.2) is 0 Å². The number of nitrogens with zero attached hydrogens (tertiary/aromatic N) is 1. The molecule has 0 aromatic heterocycles. The van der Waals surface area contributed by atoms with Crippen molar-refractivity contribution in [2.24, 2.45) is 17.8 Å². The number of hydrogen-bond donors (Lipinski definition) is 1. The molecule has 18 heavy (non-hydrogen) atoms. The predicted octanol–water partition coefficient (Wildman–Crippen LogP) is 2.02. The fourth-order valence-corrected chi connectivity index (χ4v) is 3.77. The third kappa shape index (κ3) is 2.29. The highest BCUT2D eigenvalue weighted by molar-refractivity contribution is 5.83. The van der Waals surface area contributed by atoms with E-state index >= 15 is 0 Å². The number of carbonyl (C=O) groups excluding carboxylic acids is 1. The van der Waals surface area contributed by atoms with Crippen molar-refractivity contribution in [2.75, 3.05) is 13.1 Å². The molecule has 2 aliphatic carbocycles. The summed E-state index contributed by atoms with van der Waals surface area (Å²) in [5.41, 5.74) is 0. The van der Waals surface area contributed by atoms with Gasteiger partial charge in [-0.25, -0.2) is 0 Å². The van der Waals surface area contributed by atoms with Crippen LogP contribution in [-0.4, -0.2) is 36.0 Å². The van der Waals surface area contributed by atoms with Gasteiger partial charge in [0.1, 0.15) is 0 Å². The molecule has 2 saturated carbocycles. The lowest BCUT2D eigenvalue weighted by Crippen LogP contribution is -2.49. The molecule has 3 fully saturated rings. The monoisotopic (exact) mass is 250 g/mol. The van der Waals surface area contributed by atoms with Crippen molar-refractivity contribution in [1.29, 1.82) is 0 Å². The van der Waals surface area contributed by atoms with Gasteiger partial charge in [-0.1, -0.05) is 6.42 Å². The summed E-state index contributed by atoms with van der Waals surface area (Å²) >= 11 is 0. The van der Waals surface area contributed by atoms with E-state index in [0.29, 0.717) is 17.9 Å². The number of fused-ring (bicyclic) bond motifs is 1. The summed E-state index contributed by atoms with van der Waals surface area (Å²) in [6.45, 7) is 6.37. The van der Waals surface area contributed by atoms with Crippen LogP contribution in [0.3, 0.4) is 0 Å². The highest BCUT2D eigenvalue weighted by Crippen LogP contribution is 2.39. The van der Waals surface area contributed by atoms with Crippen LogP contribution in [0.1, 0.15) is 46.0 Å². The Bertz CT molecular complexity index is 320. The largest absolute Gasteiger partial charge is 0.339 e. The Hall–Kier alpha value is -0.570. The first kappa shape index (κ1) is 12.5. The first-order valence-corrected chi connectivity index (χ1v) is 7.70. The second-order valence-corrected chi connectivity index (χ2v) is 6.77. The van der Waals surface area contributed by atoms with Crippen molar-refractivity contribution < 1.29 is 4.79 Å². The molecule has 0 radical (unpaired) electrons. The van der Waals surface area contributed by atoms with Crippen LogP contribution < -0.4 is 5.32 Å². The highest BCUT2D eigenvalue weighted by atomic mass is 16.2. The van der Waals surface area contributed by atoms with E-state index in [0.717, 1.165) is 24.9 Å². The molecule has 1 saturated heterocycles. The van der Waals surface area contributed by atoms with Gasteiger partial charge in [-0.15, -0.1) is 0 Å². The Morgan fingerprint density at radius 1 is 1.28 bits per heavy atom. The van der Waals surface area contributed by atoms with Gasteiger partial charge in [-0.05, 0) is 63.8 Å². The Labute approximate surface area is 110 Å². The maximum absolute atomic E-state index is 12.8. The second-order valence-electron chi connectivity index (χ2n) is 6.77. The van der Waals surface area contributed by atoms with Crippen molar-refractivity contribution in [2.45, 2.75) is 58.0 Å². The molecule has 0 aromatic carbocycles. The van der Waals surface area contributed by atoms with Crippen molar-refractivity contribution in [3.63, 3.8) is 0 Å². The zero-order valence-corrected chi connectivity index (χ0v) is 11.7. The molecule has 1 aliphatic heterocycles. The summed E-state index contributed by atoms with van der Waals surface area (Å²) < 4.78 is 0. The molecule has 3 aliphatic rings. The minimum atomic E-state index is 0.124. The van der Waals surface area contributed by atoms with Crippen molar-refractivity contribution in [1.82, 2.24) is 10.2 Å². The summed E-state index contributed by atoms with van der Waals surface area (Å²) in [5.74, 6) is 2.57. The van der Waals surface area contributed by atoms with Crippen molar-refractivity contribution >= 4 is 5.91 Å². The van der Waals surface area contributed by atoms with Gasteiger partial charge in [-0.2, -0.15) is 0 Å². The third-order valence-corrected chi connectivity index (χ3v) is 5.07. The first-order valence-electron chi connectivity index (χ1n) is 7.70. The fraction of sp³-hybridized carbons (Fsp3) is 0.933. The van der Waals surface area contributed by atoms with Gasteiger partial charge < -0.3 is 10.2 Å². The van der Waals surface area contributed by atoms with E-state index in [9.17, 15) is 4.79 Å². The first-order chi connectivity index (χ1) is 8.66. The molecule has 0 spiro atoms. The van der Waals surface area contributed by atoms with E-state index in [2.05, 4.69) is 24.1 Å². The van der Waals surface area contributed by atoms with E-state index in [1.54, 1.807) is 0 Å². The van der Waals surface area contributed by atoms with Gasteiger partial charge >= 0.3 is 0 Å². The molecular formula is C15H26N2O. The third-order valence-electron chi connectivity index (χ3n) is 5.07. The molecule has 0 bridgehead atoms. The van der Waals surface area contributed by atoms with Gasteiger partial charge in [0.15, 0.2) is 0 Å². The van der Waals surface area contributed by atoms with Gasteiger partial charge in [0.05, 0.1) is 6.04 Å². The lowest BCUT2D eigenvalue weighted by Gasteiger charge is -2.31. The summed E-state index contributed by atoms with van der Waals surface area (Å²) in [5, 5.41) is 3.50. The zero-order valence-electron chi connectivity index (χ0n) is 11.7. The molecule has 3 atom stereocenters. The van der Waals surface area contributed by atoms with E-state index in [-0.39, 0.29) is 6.04 Å². The Morgan fingerprint density at radius 3 is 2.72 bits per heavy atom. The molecule has 1 amide bonds. The summed E-state index contributed by atoms with van der Waals surface area (Å²) in [7, 11) is 0. The van der Waals surface area contributed by atoms with Crippen LogP contribution in [0.25, 0.3) is 0 Å². The molecule has 1 heterocycles. The highest BCUT2D eigenvalue weighted by Gasteiger charge is 2.44. The maximum Gasteiger partial charge on any atom is 0.240 e. The molecule has 1 N–H and O–H groups in total. The summed E-state index contributed by atoms with van der Waals surface area (Å²) in [4.78, 5) is 14.9. The molecule has 0 aromatic rings. The fourth-order valence-electron chi connectivity index (χ4n) is 3.77. The minimum absolute atomic E-state index is 0.124. The second kappa shape index (κ2) is 4.84. The molecule has 3 nitrogen and oxygen atoms in total. The summed E-state index contributed by atoms with van der Waals surface area (Å²) in [6, 6.07) is 0.471. The van der Waals surface area contributed by atoms with Crippen LogP contribution in [0.5, 0.6) is 0 Å². The normalized spacial score (nSPS) is 34.9. The van der Waals surface area contributed by atoms with Crippen LogP contribution in [0.2, 0.25) is 0 Å². The van der Waals surface area contributed by atoms with E-state index < -0.39 is 0 Å². The molecular weight excluding hydrogens is 224 g/mol. The molecule has 102 valence electrons. The van der Waals surface area contributed by atoms with Crippen LogP contribution in [0, 0.1) is 17.8 Å². The smallest absolute Gasteiger partial charge is 0.240 e. The minimum Gasteiger partial charge on any atom is -0.339 e. The maximum atomic E-state index is 12.8. The zero-order chi connectivity index (χ0) is 12.7. The van der Waals surface area contributed by atoms with Gasteiger partial charge in [0, 0.05) is 12.6 Å². The van der Waals surface area contributed by atoms with E-state index in [1.165, 1.54) is 32.1 Å². The summed E-state index contributed by atoms with van der Waals surface area (Å²) in [6.07, 6.45) is 6.54. The van der Waals surface area contributed by atoms with E-state index in [4.69, 9.17) is 0 Å². The average Bonchev–Trinajstić information content (AvgIpc) is 2.86. The topological polar surface area (TPSA) is 32.3 Å². The number of rotatable bonds is 4. The SMILES string of the molecule is CC(C)N(CC1CC1)C(=O)C1NCC2CCCC21. The van der Waals surface area contributed by atoms with Gasteiger partial charge in [0.25, 0.3) is 0 Å². The van der Waals surface area contributed by atoms with Gasteiger partial charge in [0.2, 0.25) is 5.91 Å². The van der Waals surface area contributed by atoms with Crippen molar-refractivity contribution in [3.05, 3.63) is 0 Å². The molecule has 3 heteroatoms. The van der Waals surface area contributed by atoms with Crippen LogP contribution in [-0.2, 0) is 4.79 Å². The number of nitrogens with one attached hydrogen (secondary N) is 1. The Balaban J connectivity index is 1.67. The Kier molecular flexibility index (Phi) is 3.35. The quantitative estimate of drug-likeness (QED) is 0.828. The van der Waals surface area contributed by atoms with Crippen molar-refractivity contribution in [3.8, 4) is 0 Å². The van der Waals surface area contributed by atoms with Crippen LogP contribution in [0.4, 0.5) is 0 Å².